The lowest BCUT2D eigenvalue weighted by atomic mass is 10.2. The van der Waals surface area contributed by atoms with Crippen molar-refractivity contribution in [1.29, 1.82) is 0 Å². The van der Waals surface area contributed by atoms with E-state index in [2.05, 4.69) is 15.5 Å². The van der Waals surface area contributed by atoms with E-state index in [0.717, 1.165) is 11.8 Å². The SMILES string of the molecule is CCOc1ccccc1NC(=O)CSc1nnc(-c2ccc(F)cc2)o1. The van der Waals surface area contributed by atoms with Crippen molar-refractivity contribution in [3.8, 4) is 17.2 Å². The lowest BCUT2D eigenvalue weighted by Crippen LogP contribution is -2.14. The van der Waals surface area contributed by atoms with Crippen molar-refractivity contribution >= 4 is 23.4 Å². The maximum Gasteiger partial charge on any atom is 0.277 e. The molecule has 1 aromatic heterocycles. The van der Waals surface area contributed by atoms with Gasteiger partial charge in [0.15, 0.2) is 0 Å². The minimum atomic E-state index is -0.341. The van der Waals surface area contributed by atoms with E-state index in [4.69, 9.17) is 9.15 Å². The number of amides is 1. The van der Waals surface area contributed by atoms with Crippen LogP contribution >= 0.6 is 11.8 Å². The second-order valence-corrected chi connectivity index (χ2v) is 6.07. The lowest BCUT2D eigenvalue weighted by Gasteiger charge is -2.10. The number of anilines is 1. The summed E-state index contributed by atoms with van der Waals surface area (Å²) >= 11 is 1.12. The van der Waals surface area contributed by atoms with Gasteiger partial charge in [0.1, 0.15) is 11.6 Å². The molecule has 0 spiro atoms. The third-order valence-electron chi connectivity index (χ3n) is 3.29. The fourth-order valence-corrected chi connectivity index (χ4v) is 2.71. The summed E-state index contributed by atoms with van der Waals surface area (Å²) in [6, 6.07) is 12.9. The molecule has 0 atom stereocenters. The summed E-state index contributed by atoms with van der Waals surface area (Å²) in [5, 5.41) is 10.8. The zero-order chi connectivity index (χ0) is 18.4. The number of carbonyl (C=O) groups is 1. The van der Waals surface area contributed by atoms with Crippen molar-refractivity contribution in [2.24, 2.45) is 0 Å². The fourth-order valence-electron chi connectivity index (χ4n) is 2.14. The summed E-state index contributed by atoms with van der Waals surface area (Å²) in [7, 11) is 0. The molecule has 6 nitrogen and oxygen atoms in total. The third kappa shape index (κ3) is 4.60. The van der Waals surface area contributed by atoms with Crippen LogP contribution in [0.1, 0.15) is 6.92 Å². The lowest BCUT2D eigenvalue weighted by molar-refractivity contribution is -0.113. The number of halogens is 1. The van der Waals surface area contributed by atoms with Crippen molar-refractivity contribution in [3.05, 3.63) is 54.3 Å². The standard InChI is InChI=1S/C18H16FN3O3S/c1-2-24-15-6-4-3-5-14(15)20-16(23)11-26-18-22-21-17(25-18)12-7-9-13(19)10-8-12/h3-10H,2,11H2,1H3,(H,20,23). The first-order valence-corrected chi connectivity index (χ1v) is 8.88. The first-order chi connectivity index (χ1) is 12.7. The molecule has 1 heterocycles. The van der Waals surface area contributed by atoms with Gasteiger partial charge >= 0.3 is 0 Å². The van der Waals surface area contributed by atoms with Gasteiger partial charge in [0.25, 0.3) is 5.22 Å². The molecule has 0 fully saturated rings. The second-order valence-electron chi connectivity index (χ2n) is 5.15. The summed E-state index contributed by atoms with van der Waals surface area (Å²) in [4.78, 5) is 12.1. The molecule has 0 aliphatic carbocycles. The average molecular weight is 373 g/mol. The van der Waals surface area contributed by atoms with Gasteiger partial charge in [-0.05, 0) is 43.3 Å². The molecule has 0 saturated heterocycles. The number of benzene rings is 2. The molecule has 3 aromatic rings. The molecule has 1 N–H and O–H groups in total. The molecule has 1 amide bonds. The Balaban J connectivity index is 1.58. The van der Waals surface area contributed by atoms with Gasteiger partial charge in [-0.1, -0.05) is 23.9 Å². The first-order valence-electron chi connectivity index (χ1n) is 7.89. The highest BCUT2D eigenvalue weighted by Gasteiger charge is 2.12. The summed E-state index contributed by atoms with van der Waals surface area (Å²) < 4.78 is 23.9. The number of hydrogen-bond acceptors (Lipinski definition) is 6. The number of hydrogen-bond donors (Lipinski definition) is 1. The molecule has 0 saturated carbocycles. The number of rotatable bonds is 7. The van der Waals surface area contributed by atoms with Crippen LogP contribution in [0, 0.1) is 5.82 Å². The van der Waals surface area contributed by atoms with Crippen molar-refractivity contribution in [2.75, 3.05) is 17.7 Å². The van der Waals surface area contributed by atoms with Crippen LogP contribution in [-0.4, -0.2) is 28.5 Å². The van der Waals surface area contributed by atoms with Crippen LogP contribution in [-0.2, 0) is 4.79 Å². The minimum absolute atomic E-state index is 0.103. The molecule has 3 rings (SSSR count). The molecule has 134 valence electrons. The highest BCUT2D eigenvalue weighted by molar-refractivity contribution is 7.99. The van der Waals surface area contributed by atoms with Gasteiger partial charge in [-0.25, -0.2) is 4.39 Å². The van der Waals surface area contributed by atoms with Gasteiger partial charge in [0.2, 0.25) is 11.8 Å². The number of nitrogens with zero attached hydrogens (tertiary/aromatic N) is 2. The third-order valence-corrected chi connectivity index (χ3v) is 4.10. The molecule has 0 bridgehead atoms. The van der Waals surface area contributed by atoms with Crippen molar-refractivity contribution in [3.63, 3.8) is 0 Å². The summed E-state index contributed by atoms with van der Waals surface area (Å²) in [6.07, 6.45) is 0. The van der Waals surface area contributed by atoms with Gasteiger partial charge < -0.3 is 14.5 Å². The van der Waals surface area contributed by atoms with E-state index in [-0.39, 0.29) is 28.6 Å². The van der Waals surface area contributed by atoms with E-state index in [1.165, 1.54) is 12.1 Å². The second kappa shape index (κ2) is 8.48. The van der Waals surface area contributed by atoms with E-state index in [1.807, 2.05) is 19.1 Å². The summed E-state index contributed by atoms with van der Waals surface area (Å²) in [5.41, 5.74) is 1.22. The molecule has 2 aromatic carbocycles. The summed E-state index contributed by atoms with van der Waals surface area (Å²) in [6.45, 7) is 2.39. The molecule has 8 heteroatoms. The number of aromatic nitrogens is 2. The fraction of sp³-hybridized carbons (Fsp3) is 0.167. The Hall–Kier alpha value is -2.87. The molecule has 0 unspecified atom stereocenters. The van der Waals surface area contributed by atoms with Gasteiger partial charge in [0, 0.05) is 5.56 Å². The minimum Gasteiger partial charge on any atom is -0.492 e. The van der Waals surface area contributed by atoms with E-state index in [9.17, 15) is 9.18 Å². The van der Waals surface area contributed by atoms with Crippen LogP contribution in [0.15, 0.2) is 58.2 Å². The predicted molar refractivity (Wildman–Crippen MR) is 96.7 cm³/mol. The number of carbonyl (C=O) groups excluding carboxylic acids is 1. The Labute approximate surface area is 153 Å². The molecule has 0 aliphatic rings. The van der Waals surface area contributed by atoms with Crippen molar-refractivity contribution < 1.29 is 18.3 Å². The largest absolute Gasteiger partial charge is 0.492 e. The quantitative estimate of drug-likeness (QED) is 0.631. The zero-order valence-corrected chi connectivity index (χ0v) is 14.8. The molecular weight excluding hydrogens is 357 g/mol. The van der Waals surface area contributed by atoms with E-state index >= 15 is 0 Å². The zero-order valence-electron chi connectivity index (χ0n) is 13.9. The Morgan fingerprint density at radius 2 is 1.96 bits per heavy atom. The number of thioether (sulfide) groups is 1. The Kier molecular flexibility index (Phi) is 5.85. The van der Waals surface area contributed by atoms with Crippen LogP contribution in [0.5, 0.6) is 5.75 Å². The molecule has 0 aliphatic heterocycles. The van der Waals surface area contributed by atoms with E-state index < -0.39 is 0 Å². The van der Waals surface area contributed by atoms with Gasteiger partial charge in [0.05, 0.1) is 18.0 Å². The maximum absolute atomic E-state index is 12.9. The highest BCUT2D eigenvalue weighted by atomic mass is 32.2. The first kappa shape index (κ1) is 17.9. The van der Waals surface area contributed by atoms with E-state index in [0.29, 0.717) is 23.6 Å². The molecule has 0 radical (unpaired) electrons. The van der Waals surface area contributed by atoms with Crippen LogP contribution < -0.4 is 10.1 Å². The number of ether oxygens (including phenoxy) is 1. The monoisotopic (exact) mass is 373 g/mol. The Morgan fingerprint density at radius 3 is 2.73 bits per heavy atom. The number of para-hydroxylation sites is 2. The van der Waals surface area contributed by atoms with Gasteiger partial charge in [-0.3, -0.25) is 4.79 Å². The maximum atomic E-state index is 12.9. The topological polar surface area (TPSA) is 77.2 Å². The van der Waals surface area contributed by atoms with Crippen molar-refractivity contribution in [2.45, 2.75) is 12.1 Å². The average Bonchev–Trinajstić information content (AvgIpc) is 3.11. The normalized spacial score (nSPS) is 10.5. The van der Waals surface area contributed by atoms with Crippen LogP contribution in [0.3, 0.4) is 0 Å². The van der Waals surface area contributed by atoms with Crippen LogP contribution in [0.4, 0.5) is 10.1 Å². The van der Waals surface area contributed by atoms with Gasteiger partial charge in [-0.15, -0.1) is 10.2 Å². The molecule has 26 heavy (non-hydrogen) atoms. The van der Waals surface area contributed by atoms with E-state index in [1.54, 1.807) is 24.3 Å². The Bertz CT molecular complexity index is 883. The Morgan fingerprint density at radius 1 is 1.19 bits per heavy atom. The smallest absolute Gasteiger partial charge is 0.277 e. The highest BCUT2D eigenvalue weighted by Crippen LogP contribution is 2.26. The molecular formula is C18H16FN3O3S. The summed E-state index contributed by atoms with van der Waals surface area (Å²) in [5.74, 6) is 0.431. The van der Waals surface area contributed by atoms with Crippen molar-refractivity contribution in [1.82, 2.24) is 10.2 Å². The van der Waals surface area contributed by atoms with Gasteiger partial charge in [-0.2, -0.15) is 0 Å². The van der Waals surface area contributed by atoms with Crippen LogP contribution in [0.25, 0.3) is 11.5 Å². The predicted octanol–water partition coefficient (Wildman–Crippen LogP) is 4.01. The van der Waals surface area contributed by atoms with Crippen LogP contribution in [0.2, 0.25) is 0 Å². The number of nitrogens with one attached hydrogen (secondary N) is 1.